The number of carbonyl (C=O) groups excluding carboxylic acids is 1. The number of hydrogen-bond acceptors (Lipinski definition) is 3. The highest BCUT2D eigenvalue weighted by Gasteiger charge is 2.46. The van der Waals surface area contributed by atoms with Crippen LogP contribution in [0.5, 0.6) is 0 Å². The topological polar surface area (TPSA) is 32.8 Å². The third kappa shape index (κ3) is 4.28. The summed E-state index contributed by atoms with van der Waals surface area (Å²) >= 11 is 0. The van der Waals surface area contributed by atoms with Crippen LogP contribution in [-0.4, -0.2) is 53.6 Å². The van der Waals surface area contributed by atoms with Gasteiger partial charge in [-0.2, -0.15) is 0 Å². The molecule has 0 radical (unpaired) electrons. The number of nitrogens with zero attached hydrogens (tertiary/aromatic N) is 2. The van der Waals surface area contributed by atoms with Crippen LogP contribution in [0.4, 0.5) is 0 Å². The van der Waals surface area contributed by atoms with Crippen LogP contribution in [0.2, 0.25) is 0 Å². The molecule has 1 aromatic rings. The summed E-state index contributed by atoms with van der Waals surface area (Å²) in [6, 6.07) is 9.13. The van der Waals surface area contributed by atoms with Gasteiger partial charge >= 0.3 is 0 Å². The van der Waals surface area contributed by atoms with E-state index in [1.165, 1.54) is 17.5 Å². The van der Waals surface area contributed by atoms with Crippen molar-refractivity contribution in [3.63, 3.8) is 0 Å². The van der Waals surface area contributed by atoms with Gasteiger partial charge in [0, 0.05) is 38.2 Å². The molecular formula is C24H36N2O2. The van der Waals surface area contributed by atoms with E-state index in [2.05, 4.69) is 47.9 Å². The molecule has 0 aromatic heterocycles. The minimum Gasteiger partial charge on any atom is -0.376 e. The molecule has 3 aliphatic heterocycles. The molecule has 0 bridgehead atoms. The van der Waals surface area contributed by atoms with Crippen molar-refractivity contribution in [2.45, 2.75) is 82.9 Å². The van der Waals surface area contributed by atoms with Crippen LogP contribution < -0.4 is 0 Å². The van der Waals surface area contributed by atoms with Crippen LogP contribution in [-0.2, 0) is 16.1 Å². The number of rotatable bonds is 5. The lowest BCUT2D eigenvalue weighted by Crippen LogP contribution is -2.49. The molecule has 3 fully saturated rings. The van der Waals surface area contributed by atoms with E-state index in [-0.39, 0.29) is 11.6 Å². The lowest BCUT2D eigenvalue weighted by Gasteiger charge is -2.39. The van der Waals surface area contributed by atoms with Crippen LogP contribution in [0.1, 0.15) is 75.8 Å². The number of hydrogen-bond donors (Lipinski definition) is 0. The summed E-state index contributed by atoms with van der Waals surface area (Å²) in [6.07, 6.45) is 7.71. The molecular weight excluding hydrogens is 348 g/mol. The van der Waals surface area contributed by atoms with Gasteiger partial charge in [0.1, 0.15) is 0 Å². The summed E-state index contributed by atoms with van der Waals surface area (Å²) in [5, 5.41) is 0. The van der Waals surface area contributed by atoms with Crippen LogP contribution in [0.3, 0.4) is 0 Å². The standard InChI is InChI=1S/C24H36N2O2/c1-19(2)21-8-6-20(7-9-21)17-25-14-4-11-24(13-15-25)12-10-23(27)26(24)18-22-5-3-16-28-22/h6-9,19,22H,3-5,10-18H2,1-2H3/t22-,24+/m0/s1. The van der Waals surface area contributed by atoms with Crippen molar-refractivity contribution in [1.29, 1.82) is 0 Å². The van der Waals surface area contributed by atoms with Gasteiger partial charge in [0.2, 0.25) is 5.91 Å². The van der Waals surface area contributed by atoms with Gasteiger partial charge in [0.05, 0.1) is 6.10 Å². The first-order valence-corrected chi connectivity index (χ1v) is 11.3. The number of amides is 1. The number of likely N-dealkylation sites (tertiary alicyclic amines) is 2. The predicted octanol–water partition coefficient (Wildman–Crippen LogP) is 4.34. The second-order valence-electron chi connectivity index (χ2n) is 9.39. The Labute approximate surface area is 170 Å². The molecule has 4 heteroatoms. The van der Waals surface area contributed by atoms with E-state index in [1.807, 2.05) is 0 Å². The highest BCUT2D eigenvalue weighted by Crippen LogP contribution is 2.40. The highest BCUT2D eigenvalue weighted by molar-refractivity contribution is 5.79. The first kappa shape index (κ1) is 19.9. The van der Waals surface area contributed by atoms with Crippen molar-refractivity contribution in [2.75, 3.05) is 26.2 Å². The van der Waals surface area contributed by atoms with E-state index in [4.69, 9.17) is 4.74 Å². The van der Waals surface area contributed by atoms with Crippen molar-refractivity contribution in [2.24, 2.45) is 0 Å². The average Bonchev–Trinajstić information content (AvgIpc) is 3.25. The molecule has 3 aliphatic rings. The van der Waals surface area contributed by atoms with E-state index in [0.717, 1.165) is 71.3 Å². The number of ether oxygens (including phenoxy) is 1. The Morgan fingerprint density at radius 2 is 1.93 bits per heavy atom. The van der Waals surface area contributed by atoms with Gasteiger partial charge in [-0.25, -0.2) is 0 Å². The second kappa shape index (κ2) is 8.54. The van der Waals surface area contributed by atoms with Crippen molar-refractivity contribution in [3.8, 4) is 0 Å². The quantitative estimate of drug-likeness (QED) is 0.757. The van der Waals surface area contributed by atoms with Crippen LogP contribution in [0.25, 0.3) is 0 Å². The minimum absolute atomic E-state index is 0.0826. The van der Waals surface area contributed by atoms with E-state index < -0.39 is 0 Å². The smallest absolute Gasteiger partial charge is 0.223 e. The average molecular weight is 385 g/mol. The first-order valence-electron chi connectivity index (χ1n) is 11.3. The van der Waals surface area contributed by atoms with Crippen molar-refractivity contribution >= 4 is 5.91 Å². The van der Waals surface area contributed by atoms with Gasteiger partial charge in [0.25, 0.3) is 0 Å². The normalized spacial score (nSPS) is 29.2. The summed E-state index contributed by atoms with van der Waals surface area (Å²) in [5.74, 6) is 0.940. The maximum absolute atomic E-state index is 12.7. The molecule has 1 amide bonds. The zero-order chi connectivity index (χ0) is 19.6. The molecule has 1 spiro atoms. The molecule has 28 heavy (non-hydrogen) atoms. The molecule has 3 saturated heterocycles. The lowest BCUT2D eigenvalue weighted by atomic mass is 9.87. The Morgan fingerprint density at radius 3 is 2.64 bits per heavy atom. The molecule has 4 nitrogen and oxygen atoms in total. The Kier molecular flexibility index (Phi) is 6.07. The van der Waals surface area contributed by atoms with Gasteiger partial charge in [-0.15, -0.1) is 0 Å². The van der Waals surface area contributed by atoms with E-state index >= 15 is 0 Å². The van der Waals surface area contributed by atoms with Gasteiger partial charge in [-0.1, -0.05) is 38.1 Å². The van der Waals surface area contributed by atoms with Crippen molar-refractivity contribution in [3.05, 3.63) is 35.4 Å². The molecule has 0 N–H and O–H groups in total. The van der Waals surface area contributed by atoms with E-state index in [1.54, 1.807) is 0 Å². The third-order valence-corrected chi connectivity index (χ3v) is 7.15. The van der Waals surface area contributed by atoms with Crippen molar-refractivity contribution < 1.29 is 9.53 Å². The molecule has 4 rings (SSSR count). The SMILES string of the molecule is CC(C)c1ccc(CN2CCC[C@@]3(CCC(=O)N3C[C@@H]3CCCO3)CC2)cc1. The molecule has 1 aromatic carbocycles. The van der Waals surface area contributed by atoms with Crippen LogP contribution in [0, 0.1) is 0 Å². The fourth-order valence-corrected chi connectivity index (χ4v) is 5.34. The number of benzene rings is 1. The zero-order valence-electron chi connectivity index (χ0n) is 17.7. The summed E-state index contributed by atoms with van der Waals surface area (Å²) in [4.78, 5) is 17.5. The fourth-order valence-electron chi connectivity index (χ4n) is 5.34. The first-order chi connectivity index (χ1) is 13.6. The Morgan fingerprint density at radius 1 is 1.11 bits per heavy atom. The Bertz CT molecular complexity index is 666. The van der Waals surface area contributed by atoms with E-state index in [9.17, 15) is 4.79 Å². The largest absolute Gasteiger partial charge is 0.376 e. The monoisotopic (exact) mass is 384 g/mol. The fraction of sp³-hybridized carbons (Fsp3) is 0.708. The lowest BCUT2D eigenvalue weighted by molar-refractivity contribution is -0.133. The third-order valence-electron chi connectivity index (χ3n) is 7.15. The molecule has 0 saturated carbocycles. The van der Waals surface area contributed by atoms with Crippen molar-refractivity contribution in [1.82, 2.24) is 9.80 Å². The molecule has 0 unspecified atom stereocenters. The molecule has 3 heterocycles. The molecule has 2 atom stereocenters. The Hall–Kier alpha value is -1.39. The summed E-state index contributed by atoms with van der Waals surface area (Å²) in [7, 11) is 0. The summed E-state index contributed by atoms with van der Waals surface area (Å²) in [5.41, 5.74) is 2.89. The summed E-state index contributed by atoms with van der Waals surface area (Å²) in [6.45, 7) is 9.41. The molecule has 154 valence electrons. The zero-order valence-corrected chi connectivity index (χ0v) is 17.7. The second-order valence-corrected chi connectivity index (χ2v) is 9.39. The highest BCUT2D eigenvalue weighted by atomic mass is 16.5. The van der Waals surface area contributed by atoms with Gasteiger partial charge in [0.15, 0.2) is 0 Å². The molecule has 0 aliphatic carbocycles. The maximum Gasteiger partial charge on any atom is 0.223 e. The van der Waals surface area contributed by atoms with Gasteiger partial charge in [-0.05, 0) is 62.1 Å². The summed E-state index contributed by atoms with van der Waals surface area (Å²) < 4.78 is 5.85. The van der Waals surface area contributed by atoms with E-state index in [0.29, 0.717) is 11.8 Å². The van der Waals surface area contributed by atoms with Gasteiger partial charge in [-0.3, -0.25) is 9.69 Å². The van der Waals surface area contributed by atoms with Crippen LogP contribution in [0.15, 0.2) is 24.3 Å². The Balaban J connectivity index is 1.38. The minimum atomic E-state index is 0.0826. The maximum atomic E-state index is 12.7. The van der Waals surface area contributed by atoms with Crippen LogP contribution >= 0.6 is 0 Å². The van der Waals surface area contributed by atoms with Gasteiger partial charge < -0.3 is 9.64 Å². The number of carbonyl (C=O) groups is 1. The predicted molar refractivity (Wildman–Crippen MR) is 112 cm³/mol.